The second-order valence-corrected chi connectivity index (χ2v) is 17.2. The Hall–Kier alpha value is -6.42. The van der Waals surface area contributed by atoms with E-state index in [1.165, 1.54) is 85.3 Å². The average molecular weight is 779 g/mol. The Morgan fingerprint density at radius 3 is 1.10 bits per heavy atom. The summed E-state index contributed by atoms with van der Waals surface area (Å²) in [6.45, 7) is 0. The van der Waals surface area contributed by atoms with E-state index >= 15 is 0 Å². The van der Waals surface area contributed by atoms with Crippen molar-refractivity contribution < 1.29 is 0 Å². The maximum Gasteiger partial charge on any atom is 0.0476 e. The molecule has 2 aliphatic carbocycles. The molecule has 9 aromatic rings. The van der Waals surface area contributed by atoms with Crippen molar-refractivity contribution in [3.63, 3.8) is 0 Å². The smallest absolute Gasteiger partial charge is 0.0476 e. The molecule has 0 bridgehead atoms. The highest BCUT2D eigenvalue weighted by atomic mass is 32.1. The summed E-state index contributed by atoms with van der Waals surface area (Å²) in [5, 5.41) is 2.69. The Bertz CT molecular complexity index is 2800. The second kappa shape index (κ2) is 15.4. The number of nitrogens with zero attached hydrogens (tertiary/aromatic N) is 2. The highest BCUT2D eigenvalue weighted by molar-refractivity contribution is 7.25. The lowest BCUT2D eigenvalue weighted by molar-refractivity contribution is 0.663. The first-order chi connectivity index (χ1) is 29.3. The fraction of sp³-hybridized carbons (Fsp3) is 0.143. The van der Waals surface area contributed by atoms with E-state index < -0.39 is 0 Å². The van der Waals surface area contributed by atoms with Crippen LogP contribution in [0.3, 0.4) is 0 Å². The summed E-state index contributed by atoms with van der Waals surface area (Å²) in [5.41, 5.74) is 19.3. The van der Waals surface area contributed by atoms with Gasteiger partial charge in [-0.25, -0.2) is 0 Å². The number of thiophene rings is 1. The van der Waals surface area contributed by atoms with E-state index in [4.69, 9.17) is 0 Å². The average Bonchev–Trinajstić information content (AvgIpc) is 3.67. The summed E-state index contributed by atoms with van der Waals surface area (Å²) in [6.07, 6.45) is 9.64. The van der Waals surface area contributed by atoms with E-state index in [1.807, 2.05) is 11.3 Å². The van der Waals surface area contributed by atoms with Gasteiger partial charge in [0.2, 0.25) is 0 Å². The second-order valence-electron chi connectivity index (χ2n) is 16.1. The lowest BCUT2D eigenvalue weighted by Crippen LogP contribution is -2.15. The number of para-hydroxylation sites is 4. The fourth-order valence-electron chi connectivity index (χ4n) is 10.0. The van der Waals surface area contributed by atoms with Gasteiger partial charge in [-0.05, 0) is 175 Å². The maximum absolute atomic E-state index is 2.53. The summed E-state index contributed by atoms with van der Waals surface area (Å²) >= 11 is 1.94. The first kappa shape index (κ1) is 35.7. The Morgan fingerprint density at radius 2 is 0.644 bits per heavy atom. The number of benzene rings is 8. The number of fused-ring (bicyclic) bond motifs is 5. The molecule has 59 heavy (non-hydrogen) atoms. The number of anilines is 6. The van der Waals surface area contributed by atoms with Crippen molar-refractivity contribution in [3.05, 3.63) is 204 Å². The zero-order valence-corrected chi connectivity index (χ0v) is 34.1. The number of hydrogen-bond donors (Lipinski definition) is 0. The predicted octanol–water partition coefficient (Wildman–Crippen LogP) is 16.1. The fourth-order valence-corrected chi connectivity index (χ4v) is 11.2. The number of hydrogen-bond acceptors (Lipinski definition) is 3. The standard InChI is InChI=1S/C56H46N2S/c1-5-17-41(18-6-1)57(42-19-7-2-8-20-42)45-32-29-39(30-33-45)55-49-25-13-15-27-51(49)56(52-28-16-14-26-50(52)55)40-31-35-47-48-36-34-46(38-54(48)59-53(47)37-40)58(43-21-9-3-10-22-43)44-23-11-4-12-24-44/h1-12,17-24,29-38H,13-16,25-28H2. The Labute approximate surface area is 351 Å². The van der Waals surface area contributed by atoms with Crippen LogP contribution in [0, 0.1) is 0 Å². The maximum atomic E-state index is 2.53. The van der Waals surface area contributed by atoms with Crippen LogP contribution in [0.1, 0.15) is 47.9 Å². The quantitative estimate of drug-likeness (QED) is 0.152. The molecule has 11 rings (SSSR count). The molecule has 2 aliphatic rings. The molecule has 0 atom stereocenters. The first-order valence-electron chi connectivity index (χ1n) is 21.4. The zero-order valence-electron chi connectivity index (χ0n) is 33.3. The van der Waals surface area contributed by atoms with Crippen LogP contribution >= 0.6 is 11.3 Å². The lowest BCUT2D eigenvalue weighted by atomic mass is 9.73. The van der Waals surface area contributed by atoms with Crippen molar-refractivity contribution in [2.45, 2.75) is 51.4 Å². The van der Waals surface area contributed by atoms with Crippen LogP contribution in [0.25, 0.3) is 42.4 Å². The molecule has 1 aromatic heterocycles. The van der Waals surface area contributed by atoms with Crippen LogP contribution in [-0.2, 0) is 25.7 Å². The number of rotatable bonds is 8. The molecule has 0 amide bonds. The molecule has 0 saturated carbocycles. The molecule has 286 valence electrons. The van der Waals surface area contributed by atoms with E-state index in [0.717, 1.165) is 37.1 Å². The molecule has 2 nitrogen and oxygen atoms in total. The van der Waals surface area contributed by atoms with Crippen molar-refractivity contribution in [2.24, 2.45) is 0 Å². The minimum atomic E-state index is 1.15. The Kier molecular flexibility index (Phi) is 9.32. The van der Waals surface area contributed by atoms with E-state index in [-0.39, 0.29) is 0 Å². The van der Waals surface area contributed by atoms with Crippen molar-refractivity contribution in [2.75, 3.05) is 9.80 Å². The highest BCUT2D eigenvalue weighted by Crippen LogP contribution is 2.48. The van der Waals surface area contributed by atoms with Gasteiger partial charge in [0.25, 0.3) is 0 Å². The third kappa shape index (κ3) is 6.51. The molecule has 0 spiro atoms. The zero-order chi connectivity index (χ0) is 39.1. The predicted molar refractivity (Wildman–Crippen MR) is 253 cm³/mol. The van der Waals surface area contributed by atoms with E-state index in [9.17, 15) is 0 Å². The van der Waals surface area contributed by atoms with Gasteiger partial charge in [0.1, 0.15) is 0 Å². The third-order valence-electron chi connectivity index (χ3n) is 12.6. The molecule has 0 saturated heterocycles. The molecule has 0 radical (unpaired) electrons. The van der Waals surface area contributed by atoms with Crippen LogP contribution in [0.4, 0.5) is 34.1 Å². The Balaban J connectivity index is 1.01. The largest absolute Gasteiger partial charge is 0.311 e. The van der Waals surface area contributed by atoms with Crippen LogP contribution in [-0.4, -0.2) is 0 Å². The van der Waals surface area contributed by atoms with Gasteiger partial charge in [0.05, 0.1) is 0 Å². The SMILES string of the molecule is c1ccc(N(c2ccccc2)c2ccc(-c3c4c(c(-c5ccc6c(c5)sc5cc(N(c7ccccc7)c7ccccc7)ccc56)c5c3CCCC5)CCCC4)cc2)cc1. The van der Waals surface area contributed by atoms with Gasteiger partial charge in [-0.1, -0.05) is 103 Å². The van der Waals surface area contributed by atoms with Gasteiger partial charge >= 0.3 is 0 Å². The molecule has 0 N–H and O–H groups in total. The molecule has 0 unspecified atom stereocenters. The summed E-state index contributed by atoms with van der Waals surface area (Å²) in [5.74, 6) is 0. The third-order valence-corrected chi connectivity index (χ3v) is 13.7. The van der Waals surface area contributed by atoms with E-state index in [0.29, 0.717) is 0 Å². The van der Waals surface area contributed by atoms with E-state index in [1.54, 1.807) is 27.8 Å². The molecule has 3 heteroatoms. The molecule has 8 aromatic carbocycles. The molecule has 0 aliphatic heterocycles. The van der Waals surface area contributed by atoms with E-state index in [2.05, 4.69) is 192 Å². The summed E-state index contributed by atoms with van der Waals surface area (Å²) in [4.78, 5) is 4.73. The van der Waals surface area contributed by atoms with Crippen molar-refractivity contribution in [3.8, 4) is 22.3 Å². The molecular weight excluding hydrogens is 733 g/mol. The first-order valence-corrected chi connectivity index (χ1v) is 22.2. The molecule has 1 heterocycles. The van der Waals surface area contributed by atoms with Crippen LogP contribution in [0.5, 0.6) is 0 Å². The van der Waals surface area contributed by atoms with Crippen LogP contribution < -0.4 is 9.80 Å². The topological polar surface area (TPSA) is 6.48 Å². The lowest BCUT2D eigenvalue weighted by Gasteiger charge is -2.32. The highest BCUT2D eigenvalue weighted by Gasteiger charge is 2.28. The summed E-state index contributed by atoms with van der Waals surface area (Å²) in [7, 11) is 0. The van der Waals surface area contributed by atoms with Gasteiger partial charge < -0.3 is 9.80 Å². The monoisotopic (exact) mass is 778 g/mol. The van der Waals surface area contributed by atoms with Crippen molar-refractivity contribution in [1.29, 1.82) is 0 Å². The van der Waals surface area contributed by atoms with Crippen LogP contribution in [0.15, 0.2) is 182 Å². The minimum Gasteiger partial charge on any atom is -0.311 e. The van der Waals surface area contributed by atoms with Crippen molar-refractivity contribution >= 4 is 65.6 Å². The molecular formula is C56H46N2S. The Morgan fingerprint density at radius 1 is 0.305 bits per heavy atom. The van der Waals surface area contributed by atoms with Crippen LogP contribution in [0.2, 0.25) is 0 Å². The minimum absolute atomic E-state index is 1.15. The van der Waals surface area contributed by atoms with Gasteiger partial charge in [0, 0.05) is 54.3 Å². The summed E-state index contributed by atoms with van der Waals surface area (Å²) in [6, 6.07) is 66.8. The molecule has 0 fully saturated rings. The van der Waals surface area contributed by atoms with Gasteiger partial charge in [0.15, 0.2) is 0 Å². The van der Waals surface area contributed by atoms with Crippen molar-refractivity contribution in [1.82, 2.24) is 0 Å². The summed E-state index contributed by atoms with van der Waals surface area (Å²) < 4.78 is 2.70. The van der Waals surface area contributed by atoms with Gasteiger partial charge in [-0.15, -0.1) is 11.3 Å². The van der Waals surface area contributed by atoms with Gasteiger partial charge in [-0.2, -0.15) is 0 Å². The normalized spacial score (nSPS) is 13.6. The van der Waals surface area contributed by atoms with Gasteiger partial charge in [-0.3, -0.25) is 0 Å².